The van der Waals surface area contributed by atoms with Crippen molar-refractivity contribution in [2.75, 3.05) is 10.5 Å². The number of carboxylic acids is 1. The summed E-state index contributed by atoms with van der Waals surface area (Å²) in [5.41, 5.74) is -0.805. The molecule has 0 radical (unpaired) electrons. The smallest absolute Gasteiger partial charge is 0.337 e. The maximum absolute atomic E-state index is 12.8. The molecule has 0 fully saturated rings. The number of carbonyl (C=O) groups is 1. The van der Waals surface area contributed by atoms with Gasteiger partial charge in [0, 0.05) is 0 Å². The van der Waals surface area contributed by atoms with E-state index >= 15 is 0 Å². The Hall–Kier alpha value is -2.14. The minimum Gasteiger partial charge on any atom is -0.478 e. The highest BCUT2D eigenvalue weighted by Crippen LogP contribution is 2.18. The average Bonchev–Trinajstić information content (AvgIpc) is 2.20. The molecular weight excluding hydrogens is 251 g/mol. The van der Waals surface area contributed by atoms with Crippen molar-refractivity contribution >= 4 is 21.7 Å². The SMILES string of the molecule is N#CCS(=O)(=O)Nc1ccc(F)cc1C(=O)O. The van der Waals surface area contributed by atoms with Gasteiger partial charge in [-0.2, -0.15) is 5.26 Å². The molecule has 0 aliphatic carbocycles. The monoisotopic (exact) mass is 258 g/mol. The number of anilines is 1. The van der Waals surface area contributed by atoms with Crippen LogP contribution in [0.3, 0.4) is 0 Å². The van der Waals surface area contributed by atoms with Gasteiger partial charge in [0.15, 0.2) is 5.75 Å². The molecule has 0 atom stereocenters. The lowest BCUT2D eigenvalue weighted by atomic mass is 10.2. The number of nitriles is 1. The summed E-state index contributed by atoms with van der Waals surface area (Å²) in [6.45, 7) is 0. The number of nitrogens with zero attached hydrogens (tertiary/aromatic N) is 1. The van der Waals surface area contributed by atoms with E-state index in [2.05, 4.69) is 0 Å². The molecule has 17 heavy (non-hydrogen) atoms. The number of halogens is 1. The van der Waals surface area contributed by atoms with Crippen LogP contribution in [0.2, 0.25) is 0 Å². The number of sulfonamides is 1. The topological polar surface area (TPSA) is 107 Å². The second-order valence-corrected chi connectivity index (χ2v) is 4.74. The molecule has 0 bridgehead atoms. The minimum absolute atomic E-state index is 0.283. The Morgan fingerprint density at radius 2 is 2.18 bits per heavy atom. The molecule has 0 saturated carbocycles. The lowest BCUT2D eigenvalue weighted by molar-refractivity contribution is 0.0697. The lowest BCUT2D eigenvalue weighted by Gasteiger charge is -2.08. The first-order valence-corrected chi connectivity index (χ1v) is 5.91. The summed E-state index contributed by atoms with van der Waals surface area (Å²) in [5, 5.41) is 17.0. The molecule has 0 amide bonds. The maximum atomic E-state index is 12.8. The van der Waals surface area contributed by atoms with Crippen molar-refractivity contribution in [2.45, 2.75) is 0 Å². The van der Waals surface area contributed by atoms with Crippen LogP contribution < -0.4 is 4.72 Å². The van der Waals surface area contributed by atoms with E-state index in [-0.39, 0.29) is 5.69 Å². The molecule has 0 spiro atoms. The van der Waals surface area contributed by atoms with Crippen molar-refractivity contribution in [2.24, 2.45) is 0 Å². The molecule has 0 heterocycles. The third-order valence-corrected chi connectivity index (χ3v) is 2.77. The number of carboxylic acid groups (broad SMARTS) is 1. The summed E-state index contributed by atoms with van der Waals surface area (Å²) in [4.78, 5) is 10.8. The van der Waals surface area contributed by atoms with Gasteiger partial charge in [-0.25, -0.2) is 17.6 Å². The van der Waals surface area contributed by atoms with Crippen LogP contribution in [-0.4, -0.2) is 25.2 Å². The van der Waals surface area contributed by atoms with Crippen molar-refractivity contribution in [3.05, 3.63) is 29.6 Å². The van der Waals surface area contributed by atoms with Gasteiger partial charge in [0.05, 0.1) is 17.3 Å². The Kier molecular flexibility index (Phi) is 3.65. The van der Waals surface area contributed by atoms with Crippen LogP contribution in [0.15, 0.2) is 18.2 Å². The van der Waals surface area contributed by atoms with Crippen molar-refractivity contribution in [1.29, 1.82) is 5.26 Å². The zero-order valence-electron chi connectivity index (χ0n) is 8.34. The fraction of sp³-hybridized carbons (Fsp3) is 0.111. The lowest BCUT2D eigenvalue weighted by Crippen LogP contribution is -2.17. The zero-order valence-corrected chi connectivity index (χ0v) is 9.16. The van der Waals surface area contributed by atoms with E-state index in [9.17, 15) is 17.6 Å². The third-order valence-electron chi connectivity index (χ3n) is 1.73. The predicted octanol–water partition coefficient (Wildman–Crippen LogP) is 0.789. The van der Waals surface area contributed by atoms with Crippen molar-refractivity contribution in [3.63, 3.8) is 0 Å². The number of hydrogen-bond acceptors (Lipinski definition) is 4. The molecular formula is C9H7FN2O4S. The molecule has 6 nitrogen and oxygen atoms in total. The van der Waals surface area contributed by atoms with Crippen LogP contribution >= 0.6 is 0 Å². The molecule has 0 aliphatic heterocycles. The van der Waals surface area contributed by atoms with Gasteiger partial charge < -0.3 is 5.11 Å². The molecule has 0 saturated heterocycles. The number of rotatable bonds is 4. The van der Waals surface area contributed by atoms with Gasteiger partial charge >= 0.3 is 5.97 Å². The number of hydrogen-bond donors (Lipinski definition) is 2. The Labute approximate surface area is 96.4 Å². The summed E-state index contributed by atoms with van der Waals surface area (Å²) in [7, 11) is -3.95. The van der Waals surface area contributed by atoms with Gasteiger partial charge in [-0.15, -0.1) is 0 Å². The van der Waals surface area contributed by atoms with Crippen LogP contribution in [0, 0.1) is 17.1 Å². The molecule has 0 unspecified atom stereocenters. The molecule has 0 aromatic heterocycles. The van der Waals surface area contributed by atoms with Gasteiger partial charge in [-0.1, -0.05) is 0 Å². The highest BCUT2D eigenvalue weighted by molar-refractivity contribution is 7.92. The summed E-state index contributed by atoms with van der Waals surface area (Å²) in [6.07, 6.45) is 0. The van der Waals surface area contributed by atoms with Crippen molar-refractivity contribution < 1.29 is 22.7 Å². The highest BCUT2D eigenvalue weighted by atomic mass is 32.2. The van der Waals surface area contributed by atoms with Crippen LogP contribution in [0.25, 0.3) is 0 Å². The molecule has 0 aliphatic rings. The third kappa shape index (κ3) is 3.42. The summed E-state index contributed by atoms with van der Waals surface area (Å²) < 4.78 is 37.2. The van der Waals surface area contributed by atoms with E-state index in [0.717, 1.165) is 12.1 Å². The van der Waals surface area contributed by atoms with E-state index in [4.69, 9.17) is 10.4 Å². The van der Waals surface area contributed by atoms with E-state index < -0.39 is 33.1 Å². The summed E-state index contributed by atoms with van der Waals surface area (Å²) >= 11 is 0. The molecule has 1 aromatic carbocycles. The fourth-order valence-corrected chi connectivity index (χ4v) is 1.83. The van der Waals surface area contributed by atoms with E-state index in [0.29, 0.717) is 6.07 Å². The Bertz CT molecular complexity index is 592. The van der Waals surface area contributed by atoms with Crippen LogP contribution in [-0.2, 0) is 10.0 Å². The molecule has 2 N–H and O–H groups in total. The Balaban J connectivity index is 3.16. The summed E-state index contributed by atoms with van der Waals surface area (Å²) in [5.74, 6) is -3.09. The van der Waals surface area contributed by atoms with Crippen molar-refractivity contribution in [3.8, 4) is 6.07 Å². The number of aromatic carboxylic acids is 1. The second-order valence-electron chi connectivity index (χ2n) is 3.01. The van der Waals surface area contributed by atoms with E-state index in [1.165, 1.54) is 6.07 Å². The first-order valence-electron chi connectivity index (χ1n) is 4.26. The Morgan fingerprint density at radius 3 is 2.71 bits per heavy atom. The first-order chi connectivity index (χ1) is 7.85. The highest BCUT2D eigenvalue weighted by Gasteiger charge is 2.16. The predicted molar refractivity (Wildman–Crippen MR) is 56.4 cm³/mol. The molecule has 90 valence electrons. The number of benzene rings is 1. The van der Waals surface area contributed by atoms with E-state index in [1.807, 2.05) is 4.72 Å². The zero-order chi connectivity index (χ0) is 13.1. The second kappa shape index (κ2) is 4.80. The van der Waals surface area contributed by atoms with Gasteiger partial charge in [0.25, 0.3) is 0 Å². The number of nitrogens with one attached hydrogen (secondary N) is 1. The van der Waals surface area contributed by atoms with E-state index in [1.54, 1.807) is 0 Å². The van der Waals surface area contributed by atoms with Crippen LogP contribution in [0.1, 0.15) is 10.4 Å². The molecule has 1 rings (SSSR count). The minimum atomic E-state index is -3.95. The van der Waals surface area contributed by atoms with Gasteiger partial charge in [0.2, 0.25) is 10.0 Å². The van der Waals surface area contributed by atoms with Crippen LogP contribution in [0.5, 0.6) is 0 Å². The Morgan fingerprint density at radius 1 is 1.53 bits per heavy atom. The largest absolute Gasteiger partial charge is 0.478 e. The maximum Gasteiger partial charge on any atom is 0.337 e. The molecule has 1 aromatic rings. The summed E-state index contributed by atoms with van der Waals surface area (Å²) in [6, 6.07) is 4.00. The first kappa shape index (κ1) is 12.9. The quantitative estimate of drug-likeness (QED) is 0.830. The fourth-order valence-electron chi connectivity index (χ4n) is 1.07. The molecule has 8 heteroatoms. The van der Waals surface area contributed by atoms with Crippen LogP contribution in [0.4, 0.5) is 10.1 Å². The standard InChI is InChI=1S/C9H7FN2O4S/c10-6-1-2-8(7(5-6)9(13)14)12-17(15,16)4-3-11/h1-2,5,12H,4H2,(H,13,14). The van der Waals surface area contributed by atoms with Gasteiger partial charge in [-0.05, 0) is 18.2 Å². The van der Waals surface area contributed by atoms with Gasteiger partial charge in [-0.3, -0.25) is 4.72 Å². The van der Waals surface area contributed by atoms with Gasteiger partial charge in [0.1, 0.15) is 5.82 Å². The van der Waals surface area contributed by atoms with Crippen molar-refractivity contribution in [1.82, 2.24) is 0 Å². The normalized spacial score (nSPS) is 10.6. The average molecular weight is 258 g/mol.